The molecule has 0 atom stereocenters. The SMILES string of the molecule is Cc1cccc(N(C)C2CCC(C)CC2)c1N. The average Bonchev–Trinajstić information content (AvgIpc) is 2.33. The number of para-hydroxylation sites is 1. The van der Waals surface area contributed by atoms with Crippen molar-refractivity contribution in [1.29, 1.82) is 0 Å². The molecule has 2 rings (SSSR count). The van der Waals surface area contributed by atoms with Gasteiger partial charge in [0.1, 0.15) is 0 Å². The topological polar surface area (TPSA) is 29.3 Å². The maximum Gasteiger partial charge on any atom is 0.0602 e. The normalized spacial score (nSPS) is 24.6. The van der Waals surface area contributed by atoms with Gasteiger partial charge < -0.3 is 10.6 Å². The predicted molar refractivity (Wildman–Crippen MR) is 75.4 cm³/mol. The molecule has 0 saturated heterocycles. The Morgan fingerprint density at radius 1 is 1.18 bits per heavy atom. The van der Waals surface area contributed by atoms with Crippen molar-refractivity contribution in [3.63, 3.8) is 0 Å². The average molecular weight is 232 g/mol. The summed E-state index contributed by atoms with van der Waals surface area (Å²) in [5.41, 5.74) is 9.49. The van der Waals surface area contributed by atoms with Crippen LogP contribution in [0.1, 0.15) is 38.2 Å². The van der Waals surface area contributed by atoms with Crippen LogP contribution >= 0.6 is 0 Å². The first-order chi connectivity index (χ1) is 8.09. The van der Waals surface area contributed by atoms with Gasteiger partial charge in [-0.1, -0.05) is 19.1 Å². The summed E-state index contributed by atoms with van der Waals surface area (Å²) < 4.78 is 0. The van der Waals surface area contributed by atoms with E-state index in [2.05, 4.69) is 44.0 Å². The lowest BCUT2D eigenvalue weighted by Gasteiger charge is -2.35. The number of hydrogen-bond acceptors (Lipinski definition) is 2. The van der Waals surface area contributed by atoms with Gasteiger partial charge in [-0.3, -0.25) is 0 Å². The van der Waals surface area contributed by atoms with Crippen molar-refractivity contribution in [2.45, 2.75) is 45.6 Å². The van der Waals surface area contributed by atoms with Crippen LogP contribution < -0.4 is 10.6 Å². The molecule has 2 heteroatoms. The van der Waals surface area contributed by atoms with E-state index >= 15 is 0 Å². The van der Waals surface area contributed by atoms with Crippen LogP contribution in [-0.2, 0) is 0 Å². The van der Waals surface area contributed by atoms with E-state index in [9.17, 15) is 0 Å². The Balaban J connectivity index is 2.14. The van der Waals surface area contributed by atoms with Crippen LogP contribution in [0.25, 0.3) is 0 Å². The quantitative estimate of drug-likeness (QED) is 0.790. The van der Waals surface area contributed by atoms with Gasteiger partial charge in [0.2, 0.25) is 0 Å². The van der Waals surface area contributed by atoms with Crippen molar-refractivity contribution in [2.75, 3.05) is 17.7 Å². The molecule has 1 aromatic carbocycles. The van der Waals surface area contributed by atoms with Gasteiger partial charge in [0.25, 0.3) is 0 Å². The molecule has 0 amide bonds. The number of nitrogen functional groups attached to an aromatic ring is 1. The van der Waals surface area contributed by atoms with Crippen molar-refractivity contribution in [3.05, 3.63) is 23.8 Å². The Morgan fingerprint density at radius 2 is 1.82 bits per heavy atom. The van der Waals surface area contributed by atoms with E-state index in [1.165, 1.54) is 36.9 Å². The summed E-state index contributed by atoms with van der Waals surface area (Å²) in [7, 11) is 2.19. The first-order valence-corrected chi connectivity index (χ1v) is 6.67. The number of nitrogens with two attached hydrogens (primary N) is 1. The fraction of sp³-hybridized carbons (Fsp3) is 0.600. The largest absolute Gasteiger partial charge is 0.397 e. The van der Waals surface area contributed by atoms with Crippen LogP contribution in [0.5, 0.6) is 0 Å². The third-order valence-electron chi connectivity index (χ3n) is 4.21. The summed E-state index contributed by atoms with van der Waals surface area (Å²) in [5.74, 6) is 0.898. The van der Waals surface area contributed by atoms with Crippen molar-refractivity contribution in [3.8, 4) is 0 Å². The molecule has 17 heavy (non-hydrogen) atoms. The van der Waals surface area contributed by atoms with E-state index in [-0.39, 0.29) is 0 Å². The highest BCUT2D eigenvalue weighted by Gasteiger charge is 2.22. The lowest BCUT2D eigenvalue weighted by Crippen LogP contribution is -2.35. The van der Waals surface area contributed by atoms with Gasteiger partial charge in [-0.25, -0.2) is 0 Å². The van der Waals surface area contributed by atoms with E-state index < -0.39 is 0 Å². The molecule has 0 spiro atoms. The number of rotatable bonds is 2. The van der Waals surface area contributed by atoms with Crippen LogP contribution in [0.4, 0.5) is 11.4 Å². The third-order valence-corrected chi connectivity index (χ3v) is 4.21. The minimum atomic E-state index is 0.662. The van der Waals surface area contributed by atoms with E-state index in [0.717, 1.165) is 11.6 Å². The fourth-order valence-electron chi connectivity index (χ4n) is 2.80. The molecule has 0 unspecified atom stereocenters. The second-order valence-electron chi connectivity index (χ2n) is 5.53. The zero-order valence-corrected chi connectivity index (χ0v) is 11.2. The zero-order valence-electron chi connectivity index (χ0n) is 11.2. The number of benzene rings is 1. The first kappa shape index (κ1) is 12.3. The van der Waals surface area contributed by atoms with Gasteiger partial charge in [-0.05, 0) is 50.2 Å². The van der Waals surface area contributed by atoms with Crippen LogP contribution in [0.2, 0.25) is 0 Å². The molecule has 1 aliphatic carbocycles. The van der Waals surface area contributed by atoms with E-state index in [0.29, 0.717) is 6.04 Å². The van der Waals surface area contributed by atoms with Crippen LogP contribution in [0.15, 0.2) is 18.2 Å². The summed E-state index contributed by atoms with van der Waals surface area (Å²) in [4.78, 5) is 2.38. The highest BCUT2D eigenvalue weighted by atomic mass is 15.1. The molecular weight excluding hydrogens is 208 g/mol. The highest BCUT2D eigenvalue weighted by molar-refractivity contribution is 5.70. The molecule has 94 valence electrons. The summed E-state index contributed by atoms with van der Waals surface area (Å²) in [6.07, 6.45) is 5.29. The summed E-state index contributed by atoms with van der Waals surface area (Å²) in [6.45, 7) is 4.44. The summed E-state index contributed by atoms with van der Waals surface area (Å²) in [6, 6.07) is 6.98. The lowest BCUT2D eigenvalue weighted by atomic mass is 9.86. The molecule has 1 fully saturated rings. The highest BCUT2D eigenvalue weighted by Crippen LogP contribution is 2.32. The zero-order chi connectivity index (χ0) is 12.4. The van der Waals surface area contributed by atoms with E-state index in [4.69, 9.17) is 5.73 Å². The van der Waals surface area contributed by atoms with Crippen molar-refractivity contribution >= 4 is 11.4 Å². The van der Waals surface area contributed by atoms with Gasteiger partial charge in [0, 0.05) is 13.1 Å². The van der Waals surface area contributed by atoms with Gasteiger partial charge in [-0.2, -0.15) is 0 Å². The lowest BCUT2D eigenvalue weighted by molar-refractivity contribution is 0.341. The second-order valence-corrected chi connectivity index (χ2v) is 5.53. The predicted octanol–water partition coefficient (Wildman–Crippen LogP) is 3.59. The minimum absolute atomic E-state index is 0.662. The molecule has 1 aliphatic rings. The van der Waals surface area contributed by atoms with Gasteiger partial charge in [0.15, 0.2) is 0 Å². The van der Waals surface area contributed by atoms with E-state index in [1.807, 2.05) is 0 Å². The van der Waals surface area contributed by atoms with Crippen LogP contribution in [0.3, 0.4) is 0 Å². The molecule has 0 heterocycles. The molecule has 1 saturated carbocycles. The number of nitrogens with zero attached hydrogens (tertiary/aromatic N) is 1. The third kappa shape index (κ3) is 2.56. The Bertz CT molecular complexity index is 379. The molecule has 2 N–H and O–H groups in total. The Kier molecular flexibility index (Phi) is 3.60. The van der Waals surface area contributed by atoms with Crippen LogP contribution in [-0.4, -0.2) is 13.1 Å². The number of anilines is 2. The first-order valence-electron chi connectivity index (χ1n) is 6.67. The minimum Gasteiger partial charge on any atom is -0.397 e. The molecule has 0 bridgehead atoms. The van der Waals surface area contributed by atoms with Crippen molar-refractivity contribution < 1.29 is 0 Å². The molecule has 0 radical (unpaired) electrons. The maximum atomic E-state index is 6.18. The van der Waals surface area contributed by atoms with E-state index in [1.54, 1.807) is 0 Å². The molecule has 0 aliphatic heterocycles. The van der Waals surface area contributed by atoms with Gasteiger partial charge >= 0.3 is 0 Å². The van der Waals surface area contributed by atoms with Gasteiger partial charge in [0.05, 0.1) is 11.4 Å². The smallest absolute Gasteiger partial charge is 0.0602 e. The molecular formula is C15H24N2. The standard InChI is InChI=1S/C15H24N2/c1-11-7-9-13(10-8-11)17(3)14-6-4-5-12(2)15(14)16/h4-6,11,13H,7-10,16H2,1-3H3. The summed E-state index contributed by atoms with van der Waals surface area (Å²) >= 11 is 0. The number of hydrogen-bond donors (Lipinski definition) is 1. The molecule has 1 aromatic rings. The molecule has 2 nitrogen and oxygen atoms in total. The maximum absolute atomic E-state index is 6.18. The Labute approximate surface area is 105 Å². The summed E-state index contributed by atoms with van der Waals surface area (Å²) in [5, 5.41) is 0. The monoisotopic (exact) mass is 232 g/mol. The molecule has 0 aromatic heterocycles. The van der Waals surface area contributed by atoms with Crippen molar-refractivity contribution in [1.82, 2.24) is 0 Å². The van der Waals surface area contributed by atoms with Crippen molar-refractivity contribution in [2.24, 2.45) is 5.92 Å². The van der Waals surface area contributed by atoms with Crippen LogP contribution in [0, 0.1) is 12.8 Å². The Morgan fingerprint density at radius 3 is 2.47 bits per heavy atom. The Hall–Kier alpha value is -1.18. The number of aryl methyl sites for hydroxylation is 1. The second kappa shape index (κ2) is 4.99. The van der Waals surface area contributed by atoms with Gasteiger partial charge in [-0.15, -0.1) is 0 Å². The fourth-order valence-corrected chi connectivity index (χ4v) is 2.80.